The average molecular weight is 246 g/mol. The molecular formula is C13H24ClNO. The number of oxime groups is 1. The number of hydrogen-bond acceptors (Lipinski definition) is 2. The molecule has 0 aromatic rings. The fourth-order valence-electron chi connectivity index (χ4n) is 2.00. The van der Waals surface area contributed by atoms with Gasteiger partial charge in [-0.15, -0.1) is 11.6 Å². The van der Waals surface area contributed by atoms with E-state index in [-0.39, 0.29) is 6.10 Å². The molecule has 0 spiro atoms. The lowest BCUT2D eigenvalue weighted by molar-refractivity contribution is 0.102. The van der Waals surface area contributed by atoms with Crippen molar-refractivity contribution in [2.45, 2.75) is 70.8 Å². The molecule has 0 saturated carbocycles. The van der Waals surface area contributed by atoms with Crippen molar-refractivity contribution >= 4 is 17.3 Å². The van der Waals surface area contributed by atoms with Gasteiger partial charge in [0.05, 0.1) is 11.6 Å². The number of halogens is 1. The summed E-state index contributed by atoms with van der Waals surface area (Å²) in [6.07, 6.45) is 11.6. The van der Waals surface area contributed by atoms with E-state index < -0.39 is 0 Å². The molecule has 1 heterocycles. The summed E-state index contributed by atoms with van der Waals surface area (Å²) in [5.41, 5.74) is 1.21. The van der Waals surface area contributed by atoms with Crippen molar-refractivity contribution in [1.29, 1.82) is 0 Å². The summed E-state index contributed by atoms with van der Waals surface area (Å²) in [5.74, 6) is 0.560. The molecule has 94 valence electrons. The number of hydrogen-bond donors (Lipinski definition) is 0. The van der Waals surface area contributed by atoms with Crippen LogP contribution in [0.3, 0.4) is 0 Å². The van der Waals surface area contributed by atoms with Gasteiger partial charge < -0.3 is 4.84 Å². The third kappa shape index (κ3) is 5.74. The number of unbranched alkanes of at least 4 members (excludes halogenated alkanes) is 6. The maximum Gasteiger partial charge on any atom is 0.146 e. The zero-order valence-corrected chi connectivity index (χ0v) is 11.1. The minimum Gasteiger partial charge on any atom is -0.391 e. The maximum atomic E-state index is 5.71. The first-order chi connectivity index (χ1) is 7.86. The van der Waals surface area contributed by atoms with Gasteiger partial charge in [0.15, 0.2) is 0 Å². The number of rotatable bonds is 9. The van der Waals surface area contributed by atoms with Gasteiger partial charge in [0.25, 0.3) is 0 Å². The van der Waals surface area contributed by atoms with Gasteiger partial charge in [-0.3, -0.25) is 0 Å². The number of nitrogens with zero attached hydrogens (tertiary/aromatic N) is 1. The Bertz CT molecular complexity index is 206. The summed E-state index contributed by atoms with van der Waals surface area (Å²) >= 11 is 5.71. The summed E-state index contributed by atoms with van der Waals surface area (Å²) in [4.78, 5) is 5.18. The van der Waals surface area contributed by atoms with Gasteiger partial charge in [0.1, 0.15) is 6.10 Å². The molecule has 1 unspecified atom stereocenters. The normalized spacial score (nSPS) is 19.6. The monoisotopic (exact) mass is 245 g/mol. The molecule has 1 atom stereocenters. The Hall–Kier alpha value is -0.240. The van der Waals surface area contributed by atoms with Crippen molar-refractivity contribution in [2.75, 3.05) is 5.88 Å². The van der Waals surface area contributed by atoms with E-state index in [0.29, 0.717) is 5.88 Å². The quantitative estimate of drug-likeness (QED) is 0.433. The van der Waals surface area contributed by atoms with E-state index >= 15 is 0 Å². The Balaban J connectivity index is 1.88. The largest absolute Gasteiger partial charge is 0.391 e. The Morgan fingerprint density at radius 2 is 1.88 bits per heavy atom. The predicted molar refractivity (Wildman–Crippen MR) is 70.3 cm³/mol. The Kier molecular flexibility index (Phi) is 7.65. The molecule has 3 heteroatoms. The highest BCUT2D eigenvalue weighted by Gasteiger charge is 2.18. The van der Waals surface area contributed by atoms with Gasteiger partial charge in [-0.1, -0.05) is 50.6 Å². The zero-order chi connectivity index (χ0) is 11.6. The summed E-state index contributed by atoms with van der Waals surface area (Å²) < 4.78 is 0. The van der Waals surface area contributed by atoms with E-state index in [0.717, 1.165) is 12.8 Å². The lowest BCUT2D eigenvalue weighted by atomic mass is 10.0. The van der Waals surface area contributed by atoms with Crippen LogP contribution in [0.2, 0.25) is 0 Å². The maximum absolute atomic E-state index is 5.71. The summed E-state index contributed by atoms with van der Waals surface area (Å²) in [6.45, 7) is 2.26. The molecule has 1 aliphatic rings. The fraction of sp³-hybridized carbons (Fsp3) is 0.923. The molecular weight excluding hydrogens is 222 g/mol. The lowest BCUT2D eigenvalue weighted by Crippen LogP contribution is -2.08. The molecule has 0 radical (unpaired) electrons. The third-order valence-electron chi connectivity index (χ3n) is 3.04. The van der Waals surface area contributed by atoms with Crippen molar-refractivity contribution in [3.63, 3.8) is 0 Å². The molecule has 0 fully saturated rings. The molecule has 0 amide bonds. The van der Waals surface area contributed by atoms with E-state index in [2.05, 4.69) is 12.1 Å². The van der Waals surface area contributed by atoms with Crippen LogP contribution in [0.4, 0.5) is 0 Å². The van der Waals surface area contributed by atoms with Gasteiger partial charge in [0, 0.05) is 6.42 Å². The zero-order valence-electron chi connectivity index (χ0n) is 10.4. The van der Waals surface area contributed by atoms with Crippen LogP contribution in [0.15, 0.2) is 5.16 Å². The highest BCUT2D eigenvalue weighted by molar-refractivity contribution is 6.18. The van der Waals surface area contributed by atoms with Crippen LogP contribution in [0, 0.1) is 0 Å². The van der Waals surface area contributed by atoms with Gasteiger partial charge in [-0.25, -0.2) is 0 Å². The van der Waals surface area contributed by atoms with Crippen LogP contribution in [-0.4, -0.2) is 17.7 Å². The summed E-state index contributed by atoms with van der Waals surface area (Å²) in [6, 6.07) is 0. The standard InChI is InChI=1S/C13H24ClNO/c1-2-3-4-5-6-7-8-9-12-10-13(11-14)16-15-12/h13H,2-11H2,1H3. The van der Waals surface area contributed by atoms with Crippen LogP contribution in [0.1, 0.15) is 64.7 Å². The van der Waals surface area contributed by atoms with E-state index in [1.165, 1.54) is 50.7 Å². The third-order valence-corrected chi connectivity index (χ3v) is 3.38. The highest BCUT2D eigenvalue weighted by atomic mass is 35.5. The molecule has 2 nitrogen and oxygen atoms in total. The molecule has 16 heavy (non-hydrogen) atoms. The van der Waals surface area contributed by atoms with Crippen LogP contribution < -0.4 is 0 Å². The van der Waals surface area contributed by atoms with Gasteiger partial charge >= 0.3 is 0 Å². The topological polar surface area (TPSA) is 21.6 Å². The fourth-order valence-corrected chi connectivity index (χ4v) is 2.17. The molecule has 0 bridgehead atoms. The minimum atomic E-state index is 0.140. The Labute approximate surface area is 104 Å². The van der Waals surface area contributed by atoms with Crippen molar-refractivity contribution < 1.29 is 4.84 Å². The minimum absolute atomic E-state index is 0.140. The first-order valence-corrected chi connectivity index (χ1v) is 7.17. The average Bonchev–Trinajstić information content (AvgIpc) is 2.76. The van der Waals surface area contributed by atoms with Crippen LogP contribution in [0.5, 0.6) is 0 Å². The Morgan fingerprint density at radius 3 is 2.50 bits per heavy atom. The van der Waals surface area contributed by atoms with Crippen LogP contribution in [0.25, 0.3) is 0 Å². The molecule has 0 saturated heterocycles. The van der Waals surface area contributed by atoms with E-state index in [4.69, 9.17) is 16.4 Å². The molecule has 1 rings (SSSR count). The molecule has 0 aromatic carbocycles. The SMILES string of the molecule is CCCCCCCCCC1=NOC(CCl)C1. The second-order valence-electron chi connectivity index (χ2n) is 4.61. The molecule has 0 aromatic heterocycles. The molecule has 0 N–H and O–H groups in total. The highest BCUT2D eigenvalue weighted by Crippen LogP contribution is 2.16. The smallest absolute Gasteiger partial charge is 0.146 e. The first-order valence-electron chi connectivity index (χ1n) is 6.64. The Morgan fingerprint density at radius 1 is 1.19 bits per heavy atom. The van der Waals surface area contributed by atoms with E-state index in [1.54, 1.807) is 0 Å². The van der Waals surface area contributed by atoms with Crippen molar-refractivity contribution in [2.24, 2.45) is 5.16 Å². The van der Waals surface area contributed by atoms with Crippen molar-refractivity contribution in [1.82, 2.24) is 0 Å². The van der Waals surface area contributed by atoms with E-state index in [1.807, 2.05) is 0 Å². The molecule has 0 aliphatic carbocycles. The summed E-state index contributed by atoms with van der Waals surface area (Å²) in [5, 5.41) is 4.07. The van der Waals surface area contributed by atoms with Gasteiger partial charge in [-0.05, 0) is 12.8 Å². The second kappa shape index (κ2) is 8.86. The summed E-state index contributed by atoms with van der Waals surface area (Å²) in [7, 11) is 0. The molecule has 1 aliphatic heterocycles. The number of alkyl halides is 1. The van der Waals surface area contributed by atoms with Gasteiger partial charge in [0.2, 0.25) is 0 Å². The van der Waals surface area contributed by atoms with Crippen LogP contribution >= 0.6 is 11.6 Å². The second-order valence-corrected chi connectivity index (χ2v) is 4.92. The van der Waals surface area contributed by atoms with Gasteiger partial charge in [-0.2, -0.15) is 0 Å². The first kappa shape index (κ1) is 13.8. The van der Waals surface area contributed by atoms with Crippen LogP contribution in [-0.2, 0) is 4.84 Å². The predicted octanol–water partition coefficient (Wildman–Crippen LogP) is 4.51. The van der Waals surface area contributed by atoms with Crippen molar-refractivity contribution in [3.8, 4) is 0 Å². The van der Waals surface area contributed by atoms with E-state index in [9.17, 15) is 0 Å². The van der Waals surface area contributed by atoms with Crippen molar-refractivity contribution in [3.05, 3.63) is 0 Å². The lowest BCUT2D eigenvalue weighted by Gasteiger charge is -2.01.